The number of esters is 1. The molecule has 1 heterocycles. The Kier molecular flexibility index (Phi) is 7.74. The van der Waals surface area contributed by atoms with Crippen molar-refractivity contribution in [2.75, 3.05) is 18.5 Å². The third-order valence-corrected chi connectivity index (χ3v) is 4.61. The molecule has 0 aliphatic rings. The molecule has 9 nitrogen and oxygen atoms in total. The van der Waals surface area contributed by atoms with Crippen molar-refractivity contribution in [1.82, 2.24) is 5.32 Å². The smallest absolute Gasteiger partial charge is 0.416 e. The van der Waals surface area contributed by atoms with Gasteiger partial charge < -0.3 is 19.2 Å². The zero-order chi connectivity index (χ0) is 25.6. The van der Waals surface area contributed by atoms with Crippen molar-refractivity contribution in [2.24, 2.45) is 0 Å². The van der Waals surface area contributed by atoms with Gasteiger partial charge in [0.1, 0.15) is 18.7 Å². The van der Waals surface area contributed by atoms with Crippen molar-refractivity contribution >= 4 is 34.6 Å². The van der Waals surface area contributed by atoms with E-state index in [1.165, 1.54) is 12.1 Å². The van der Waals surface area contributed by atoms with Gasteiger partial charge in [-0.05, 0) is 43.3 Å². The second-order valence-corrected chi connectivity index (χ2v) is 7.07. The van der Waals surface area contributed by atoms with E-state index in [2.05, 4.69) is 10.6 Å². The predicted molar refractivity (Wildman–Crippen MR) is 117 cm³/mol. The lowest BCUT2D eigenvalue weighted by Crippen LogP contribution is -2.30. The largest absolute Gasteiger partial charge is 0.459 e. The number of carbonyl (C=O) groups is 3. The van der Waals surface area contributed by atoms with E-state index < -0.39 is 41.9 Å². The highest BCUT2D eigenvalue weighted by molar-refractivity contribution is 5.96. The molecule has 0 atom stereocenters. The quantitative estimate of drug-likeness (QED) is 0.379. The fourth-order valence-electron chi connectivity index (χ4n) is 2.99. The summed E-state index contributed by atoms with van der Waals surface area (Å²) in [4.78, 5) is 47.6. The first-order chi connectivity index (χ1) is 16.6. The van der Waals surface area contributed by atoms with Gasteiger partial charge in [-0.25, -0.2) is 9.59 Å². The molecule has 2 N–H and O–H groups in total. The van der Waals surface area contributed by atoms with Gasteiger partial charge in [-0.1, -0.05) is 0 Å². The minimum Gasteiger partial charge on any atom is -0.459 e. The van der Waals surface area contributed by atoms with E-state index in [4.69, 9.17) is 13.9 Å². The Balaban J connectivity index is 1.60. The number of anilines is 1. The number of alkyl halides is 3. The molecule has 3 rings (SSSR count). The molecule has 0 bridgehead atoms. The zero-order valence-electron chi connectivity index (χ0n) is 18.2. The van der Waals surface area contributed by atoms with Crippen molar-refractivity contribution in [2.45, 2.75) is 19.7 Å². The van der Waals surface area contributed by atoms with Crippen LogP contribution in [0.5, 0.6) is 0 Å². The van der Waals surface area contributed by atoms with Crippen LogP contribution in [0.4, 0.5) is 23.7 Å². The Bertz CT molecular complexity index is 1300. The molecule has 0 unspecified atom stereocenters. The number of hydrogen-bond acceptors (Lipinski definition) is 7. The van der Waals surface area contributed by atoms with Gasteiger partial charge in [0.05, 0.1) is 12.2 Å². The van der Waals surface area contributed by atoms with Crippen LogP contribution in [-0.2, 0) is 27.1 Å². The van der Waals surface area contributed by atoms with Crippen LogP contribution in [0.25, 0.3) is 11.0 Å². The van der Waals surface area contributed by atoms with E-state index in [0.717, 1.165) is 30.3 Å². The van der Waals surface area contributed by atoms with E-state index in [0.29, 0.717) is 16.6 Å². The lowest BCUT2D eigenvalue weighted by Gasteiger charge is -2.10. The predicted octanol–water partition coefficient (Wildman–Crippen LogP) is 3.85. The number of benzene rings is 2. The summed E-state index contributed by atoms with van der Waals surface area (Å²) >= 11 is 0. The fraction of sp³-hybridized carbons (Fsp3) is 0.217. The molecule has 1 aromatic heterocycles. The highest BCUT2D eigenvalue weighted by Crippen LogP contribution is 2.29. The van der Waals surface area contributed by atoms with Crippen molar-refractivity contribution in [3.8, 4) is 0 Å². The lowest BCUT2D eigenvalue weighted by molar-refractivity contribution is -0.143. The maximum absolute atomic E-state index is 12.6. The number of rotatable bonds is 7. The number of carbonyl (C=O) groups excluding carboxylic acids is 3. The molecule has 2 amide bonds. The van der Waals surface area contributed by atoms with Crippen LogP contribution >= 0.6 is 0 Å². The molecule has 3 aromatic rings. The maximum Gasteiger partial charge on any atom is 0.416 e. The molecule has 184 valence electrons. The first-order valence-corrected chi connectivity index (χ1v) is 10.2. The monoisotopic (exact) mass is 492 g/mol. The summed E-state index contributed by atoms with van der Waals surface area (Å²) in [7, 11) is 0. The summed E-state index contributed by atoms with van der Waals surface area (Å²) in [6.07, 6.45) is -5.21. The summed E-state index contributed by atoms with van der Waals surface area (Å²) < 4.78 is 52.8. The Labute approximate surface area is 195 Å². The van der Waals surface area contributed by atoms with E-state index in [-0.39, 0.29) is 24.4 Å². The Morgan fingerprint density at radius 3 is 2.37 bits per heavy atom. The average molecular weight is 492 g/mol. The fourth-order valence-corrected chi connectivity index (χ4v) is 2.99. The number of hydrogen-bond donors (Lipinski definition) is 2. The minimum atomic E-state index is -4.53. The molecule has 0 saturated carbocycles. The van der Waals surface area contributed by atoms with Gasteiger partial charge >= 0.3 is 23.9 Å². The topological polar surface area (TPSA) is 124 Å². The number of fused-ring (bicyclic) bond motifs is 1. The van der Waals surface area contributed by atoms with Crippen molar-refractivity contribution in [3.05, 3.63) is 75.6 Å². The van der Waals surface area contributed by atoms with Crippen molar-refractivity contribution < 1.29 is 41.4 Å². The summed E-state index contributed by atoms with van der Waals surface area (Å²) in [6.45, 7) is 0.954. The molecule has 35 heavy (non-hydrogen) atoms. The van der Waals surface area contributed by atoms with E-state index in [1.54, 1.807) is 13.0 Å². The standard InChI is InChI=1S/C23H19F3N2O7/c1-2-33-22(32)28-16-7-8-17-14(9-19(29)35-18(17)10-16)12-34-20(30)11-27-21(31)13-3-5-15(6-4-13)23(24,25)26/h3-10H,2,11-12H2,1H3,(H,27,31)(H,28,32). The Morgan fingerprint density at radius 1 is 1.00 bits per heavy atom. The highest BCUT2D eigenvalue weighted by atomic mass is 19.4. The maximum atomic E-state index is 12.6. The van der Waals surface area contributed by atoms with Crippen LogP contribution in [0.3, 0.4) is 0 Å². The van der Waals surface area contributed by atoms with Gasteiger partial charge in [0.2, 0.25) is 0 Å². The molecule has 0 aliphatic heterocycles. The van der Waals surface area contributed by atoms with E-state index in [1.807, 2.05) is 0 Å². The van der Waals surface area contributed by atoms with Gasteiger partial charge in [-0.3, -0.25) is 14.9 Å². The third kappa shape index (κ3) is 6.82. The van der Waals surface area contributed by atoms with E-state index in [9.17, 15) is 32.3 Å². The van der Waals surface area contributed by atoms with Crippen LogP contribution in [0, 0.1) is 0 Å². The molecular formula is C23H19F3N2O7. The van der Waals surface area contributed by atoms with E-state index >= 15 is 0 Å². The number of nitrogens with one attached hydrogen (secondary N) is 2. The number of amides is 2. The summed E-state index contributed by atoms with van der Waals surface area (Å²) in [6, 6.07) is 9.12. The second kappa shape index (κ2) is 10.7. The first-order valence-electron chi connectivity index (χ1n) is 10.2. The van der Waals surface area contributed by atoms with Crippen molar-refractivity contribution in [3.63, 3.8) is 0 Å². The molecule has 0 fully saturated rings. The molecule has 0 saturated heterocycles. The number of halogens is 3. The molecule has 0 radical (unpaired) electrons. The molecular weight excluding hydrogens is 473 g/mol. The Hall–Kier alpha value is -4.35. The van der Waals surface area contributed by atoms with Crippen LogP contribution in [0.15, 0.2) is 57.7 Å². The Morgan fingerprint density at radius 2 is 1.71 bits per heavy atom. The minimum absolute atomic E-state index is 0.0651. The molecule has 0 aliphatic carbocycles. The highest BCUT2D eigenvalue weighted by Gasteiger charge is 2.30. The first kappa shape index (κ1) is 25.3. The molecule has 12 heteroatoms. The van der Waals surface area contributed by atoms with Gasteiger partial charge in [0.15, 0.2) is 0 Å². The van der Waals surface area contributed by atoms with Crippen LogP contribution in [0.1, 0.15) is 28.4 Å². The van der Waals surface area contributed by atoms with Gasteiger partial charge in [0, 0.05) is 34.3 Å². The van der Waals surface area contributed by atoms with Crippen LogP contribution < -0.4 is 16.3 Å². The average Bonchev–Trinajstić information content (AvgIpc) is 2.80. The van der Waals surface area contributed by atoms with Crippen LogP contribution in [0.2, 0.25) is 0 Å². The molecule has 2 aromatic carbocycles. The van der Waals surface area contributed by atoms with Crippen LogP contribution in [-0.4, -0.2) is 31.1 Å². The summed E-state index contributed by atoms with van der Waals surface area (Å²) in [5, 5.41) is 5.17. The summed E-state index contributed by atoms with van der Waals surface area (Å²) in [5.74, 6) is -1.60. The number of ether oxygens (including phenoxy) is 2. The third-order valence-electron chi connectivity index (χ3n) is 4.61. The second-order valence-electron chi connectivity index (χ2n) is 7.07. The van der Waals surface area contributed by atoms with Gasteiger partial charge in [-0.15, -0.1) is 0 Å². The lowest BCUT2D eigenvalue weighted by atomic mass is 10.1. The normalized spacial score (nSPS) is 11.1. The van der Waals surface area contributed by atoms with Crippen molar-refractivity contribution in [1.29, 1.82) is 0 Å². The van der Waals surface area contributed by atoms with Gasteiger partial charge in [-0.2, -0.15) is 13.2 Å². The summed E-state index contributed by atoms with van der Waals surface area (Å²) in [5.41, 5.74) is -0.914. The van der Waals surface area contributed by atoms with Gasteiger partial charge in [0.25, 0.3) is 5.91 Å². The molecule has 0 spiro atoms. The SMILES string of the molecule is CCOC(=O)Nc1ccc2c(COC(=O)CNC(=O)c3ccc(C(F)(F)F)cc3)cc(=O)oc2c1. The zero-order valence-corrected chi connectivity index (χ0v) is 18.2.